The molecule has 0 saturated heterocycles. The Balaban J connectivity index is 2.41. The molecule has 1 heterocycles. The largest absolute Gasteiger partial charge is 0.508 e. The van der Waals surface area contributed by atoms with Crippen LogP contribution in [0.2, 0.25) is 0 Å². The molecule has 37 heavy (non-hydrogen) atoms. The van der Waals surface area contributed by atoms with E-state index in [9.17, 15) is 24.9 Å². The number of hydrogen-bond acceptors (Lipinski definition) is 8. The average Bonchev–Trinajstić information content (AvgIpc) is 2.80. The molecular weight excluding hydrogens is 480 g/mol. The zero-order valence-corrected chi connectivity index (χ0v) is 22.3. The van der Waals surface area contributed by atoms with Crippen LogP contribution in [0.4, 0.5) is 10.5 Å². The van der Waals surface area contributed by atoms with E-state index in [1.165, 1.54) is 13.2 Å². The number of nitrogens with two attached hydrogens (primary N) is 1. The van der Waals surface area contributed by atoms with Crippen LogP contribution in [0.15, 0.2) is 29.8 Å². The summed E-state index contributed by atoms with van der Waals surface area (Å²) < 4.78 is 16.6. The fourth-order valence-corrected chi connectivity index (χ4v) is 4.93. The van der Waals surface area contributed by atoms with Gasteiger partial charge in [0.15, 0.2) is 6.10 Å². The molecule has 2 bridgehead atoms. The normalized spacial score (nSPS) is 32.1. The lowest BCUT2D eigenvalue weighted by atomic mass is 9.88. The number of fused-ring (bicyclic) bond motifs is 2. The van der Waals surface area contributed by atoms with E-state index in [-0.39, 0.29) is 36.8 Å². The number of phenolic OH excluding ortho intramolecular Hbond substituents is 1. The third kappa shape index (κ3) is 9.62. The van der Waals surface area contributed by atoms with Crippen molar-refractivity contribution in [1.29, 1.82) is 0 Å². The van der Waals surface area contributed by atoms with Crippen molar-refractivity contribution >= 4 is 17.7 Å². The molecule has 2 amide bonds. The van der Waals surface area contributed by atoms with E-state index in [0.717, 1.165) is 5.56 Å². The highest BCUT2D eigenvalue weighted by Crippen LogP contribution is 2.27. The maximum atomic E-state index is 12.6. The number of aliphatic hydroxyl groups excluding tert-OH is 2. The molecule has 0 radical (unpaired) electrons. The fraction of sp³-hybridized carbons (Fsp3) is 0.630. The number of benzene rings is 1. The molecule has 1 aromatic carbocycles. The molecule has 7 atom stereocenters. The summed E-state index contributed by atoms with van der Waals surface area (Å²) in [6.45, 7) is 5.63. The Morgan fingerprint density at radius 1 is 1.05 bits per heavy atom. The van der Waals surface area contributed by atoms with E-state index in [1.807, 2.05) is 13.8 Å². The van der Waals surface area contributed by atoms with E-state index in [0.29, 0.717) is 24.1 Å². The lowest BCUT2D eigenvalue weighted by molar-refractivity contribution is -0.118. The number of hydrogen-bond donors (Lipinski definition) is 5. The van der Waals surface area contributed by atoms with E-state index in [4.69, 9.17) is 19.9 Å². The number of amides is 2. The van der Waals surface area contributed by atoms with E-state index in [1.54, 1.807) is 32.2 Å². The lowest BCUT2D eigenvalue weighted by Crippen LogP contribution is -2.38. The number of anilines is 1. The first kappa shape index (κ1) is 30.6. The van der Waals surface area contributed by atoms with Crippen molar-refractivity contribution in [1.82, 2.24) is 0 Å². The number of primary amides is 1. The number of aromatic hydroxyl groups is 1. The predicted octanol–water partition coefficient (Wildman–Crippen LogP) is 2.88. The standard InChI is InChI=1S/C27H42N2O8/c1-15-8-18-11-19(13-21(31)12-18)29-24(32)14-20(30)6-7-22(35-4)26(37-27(28)34)17(3)10-16(2)25(33)23(9-15)36-5/h10-13,15-16,20,22-23,25-26,30-31,33H,6-9,14H2,1-5H3,(H2,28,34)(H,29,32)/b17-10+/t15-,16+,20?,22+,23+,25-,26+/m1/s1. The second-order valence-electron chi connectivity index (χ2n) is 10.1. The first-order valence-electron chi connectivity index (χ1n) is 12.6. The second kappa shape index (κ2) is 14.3. The molecule has 6 N–H and O–H groups in total. The number of phenols is 1. The van der Waals surface area contributed by atoms with Crippen LogP contribution in [0.5, 0.6) is 5.75 Å². The smallest absolute Gasteiger partial charge is 0.405 e. The number of carbonyl (C=O) groups excluding carboxylic acids is 2. The van der Waals surface area contributed by atoms with Crippen LogP contribution < -0.4 is 11.1 Å². The van der Waals surface area contributed by atoms with Gasteiger partial charge in [-0.1, -0.05) is 19.9 Å². The van der Waals surface area contributed by atoms with Crippen LogP contribution in [0.25, 0.3) is 0 Å². The second-order valence-corrected chi connectivity index (χ2v) is 10.1. The summed E-state index contributed by atoms with van der Waals surface area (Å²) in [5, 5.41) is 34.5. The lowest BCUT2D eigenvalue weighted by Gasteiger charge is -2.30. The Morgan fingerprint density at radius 2 is 1.73 bits per heavy atom. The Kier molecular flexibility index (Phi) is 11.8. The first-order valence-corrected chi connectivity index (χ1v) is 12.6. The molecule has 1 unspecified atom stereocenters. The zero-order valence-electron chi connectivity index (χ0n) is 22.3. The van der Waals surface area contributed by atoms with Crippen molar-refractivity contribution in [3.8, 4) is 5.75 Å². The van der Waals surface area contributed by atoms with Crippen molar-refractivity contribution in [2.45, 2.75) is 83.4 Å². The van der Waals surface area contributed by atoms with Crippen molar-refractivity contribution in [2.24, 2.45) is 17.6 Å². The van der Waals surface area contributed by atoms with E-state index in [2.05, 4.69) is 5.32 Å². The van der Waals surface area contributed by atoms with Crippen LogP contribution in [0, 0.1) is 11.8 Å². The molecule has 10 heteroatoms. The zero-order chi connectivity index (χ0) is 27.7. The van der Waals surface area contributed by atoms with Crippen LogP contribution in [-0.2, 0) is 25.4 Å². The summed E-state index contributed by atoms with van der Waals surface area (Å²) in [5.41, 5.74) is 7.21. The third-order valence-electron chi connectivity index (χ3n) is 6.77. The van der Waals surface area contributed by atoms with E-state index < -0.39 is 42.5 Å². The predicted molar refractivity (Wildman–Crippen MR) is 139 cm³/mol. The Bertz CT molecular complexity index is 937. The van der Waals surface area contributed by atoms with Crippen molar-refractivity contribution in [3.63, 3.8) is 0 Å². The van der Waals surface area contributed by atoms with Crippen LogP contribution >= 0.6 is 0 Å². The molecule has 2 rings (SSSR count). The quantitative estimate of drug-likeness (QED) is 0.379. The molecular formula is C27H42N2O8. The van der Waals surface area contributed by atoms with E-state index >= 15 is 0 Å². The summed E-state index contributed by atoms with van der Waals surface area (Å²) in [4.78, 5) is 24.2. The molecule has 208 valence electrons. The van der Waals surface area contributed by atoms with Gasteiger partial charge in [0.1, 0.15) is 5.75 Å². The third-order valence-corrected chi connectivity index (χ3v) is 6.77. The first-order chi connectivity index (χ1) is 17.4. The number of carbonyl (C=O) groups is 2. The molecule has 10 nitrogen and oxygen atoms in total. The SMILES string of the molecule is CO[C@H]1C[C@H](C)Cc2cc(O)cc(c2)NC(=O)CC(O)CC[C@H](OC)[C@@H](OC(N)=O)/C(C)=C/[C@H](C)[C@H]1O. The molecule has 0 fully saturated rings. The van der Waals surface area contributed by atoms with Crippen molar-refractivity contribution < 1.29 is 39.1 Å². The van der Waals surface area contributed by atoms with Crippen LogP contribution in [-0.4, -0.2) is 72.1 Å². The minimum atomic E-state index is -0.974. The van der Waals surface area contributed by atoms with Gasteiger partial charge in [0, 0.05) is 31.9 Å². The molecule has 1 aliphatic rings. The number of aliphatic hydroxyl groups is 2. The highest BCUT2D eigenvalue weighted by Gasteiger charge is 2.30. The van der Waals surface area contributed by atoms with Gasteiger partial charge in [-0.15, -0.1) is 0 Å². The van der Waals surface area contributed by atoms with Gasteiger partial charge in [-0.3, -0.25) is 4.79 Å². The molecule has 0 aromatic heterocycles. The summed E-state index contributed by atoms with van der Waals surface area (Å²) in [6.07, 6.45) is -1.50. The highest BCUT2D eigenvalue weighted by molar-refractivity contribution is 5.91. The fourth-order valence-electron chi connectivity index (χ4n) is 4.93. The topological polar surface area (TPSA) is 161 Å². The van der Waals surface area contributed by atoms with Gasteiger partial charge in [0.05, 0.1) is 30.8 Å². The molecule has 0 aliphatic carbocycles. The van der Waals surface area contributed by atoms with Crippen molar-refractivity contribution in [3.05, 3.63) is 35.4 Å². The number of rotatable bonds is 3. The van der Waals surface area contributed by atoms with Crippen LogP contribution in [0.3, 0.4) is 0 Å². The summed E-state index contributed by atoms with van der Waals surface area (Å²) in [5.74, 6) is -0.653. The molecule has 0 spiro atoms. The van der Waals surface area contributed by atoms with Gasteiger partial charge in [-0.2, -0.15) is 0 Å². The minimum Gasteiger partial charge on any atom is -0.508 e. The van der Waals surface area contributed by atoms with Gasteiger partial charge in [0.2, 0.25) is 5.91 Å². The maximum Gasteiger partial charge on any atom is 0.405 e. The maximum absolute atomic E-state index is 12.6. The van der Waals surface area contributed by atoms with Gasteiger partial charge in [-0.05, 0) is 61.8 Å². The van der Waals surface area contributed by atoms with Gasteiger partial charge >= 0.3 is 6.09 Å². The van der Waals surface area contributed by atoms with Gasteiger partial charge in [0.25, 0.3) is 0 Å². The molecule has 1 aromatic rings. The number of nitrogens with one attached hydrogen (secondary N) is 1. The summed E-state index contributed by atoms with van der Waals surface area (Å²) in [7, 11) is 3.01. The monoisotopic (exact) mass is 522 g/mol. The minimum absolute atomic E-state index is 0.0208. The van der Waals surface area contributed by atoms with Crippen LogP contribution in [0.1, 0.15) is 52.0 Å². The van der Waals surface area contributed by atoms with Gasteiger partial charge in [-0.25, -0.2) is 4.79 Å². The summed E-state index contributed by atoms with van der Waals surface area (Å²) in [6, 6.07) is 4.88. The van der Waals surface area contributed by atoms with Crippen molar-refractivity contribution in [2.75, 3.05) is 19.5 Å². The van der Waals surface area contributed by atoms with Gasteiger partial charge < -0.3 is 40.6 Å². The Labute approximate surface area is 218 Å². The Morgan fingerprint density at radius 3 is 2.35 bits per heavy atom. The number of ether oxygens (including phenoxy) is 3. The average molecular weight is 523 g/mol. The summed E-state index contributed by atoms with van der Waals surface area (Å²) >= 11 is 0. The Hall–Kier alpha value is -2.66. The highest BCUT2D eigenvalue weighted by atomic mass is 16.6. The number of methoxy groups -OCH3 is 2. The molecule has 0 saturated carbocycles. The molecule has 1 aliphatic heterocycles.